The Labute approximate surface area is 240 Å². The Kier molecular flexibility index (Phi) is 18.0. The van der Waals surface area contributed by atoms with E-state index < -0.39 is 27.0 Å². The Morgan fingerprint density at radius 2 is 1.30 bits per heavy atom. The van der Waals surface area contributed by atoms with Crippen LogP contribution in [0, 0.1) is 0 Å². The molecule has 0 aliphatic rings. The van der Waals surface area contributed by atoms with E-state index in [1.807, 2.05) is 12.2 Å². The minimum atomic E-state index is -4.81. The summed E-state index contributed by atoms with van der Waals surface area (Å²) in [5.41, 5.74) is -0.480. The third-order valence-electron chi connectivity index (χ3n) is 4.62. The van der Waals surface area contributed by atoms with Crippen LogP contribution in [0.25, 0.3) is 0 Å². The molecule has 0 aliphatic heterocycles. The Morgan fingerprint density at radius 1 is 0.818 bits per heavy atom. The largest absolute Gasteiger partial charge is 1.00 e. The normalized spacial score (nSPS) is 11.5. The van der Waals surface area contributed by atoms with Gasteiger partial charge in [0.25, 0.3) is 0 Å². The summed E-state index contributed by atoms with van der Waals surface area (Å²) in [4.78, 5) is 24.3. The van der Waals surface area contributed by atoms with Crippen LogP contribution >= 0.6 is 0 Å². The summed E-state index contributed by atoms with van der Waals surface area (Å²) >= 11 is 0. The summed E-state index contributed by atoms with van der Waals surface area (Å²) in [6.45, 7) is 4.20. The van der Waals surface area contributed by atoms with Crippen LogP contribution in [-0.2, 0) is 19.6 Å². The summed E-state index contributed by atoms with van der Waals surface area (Å²) in [5, 5.41) is 0. The molecule has 33 heavy (non-hydrogen) atoms. The van der Waals surface area contributed by atoms with Crippen molar-refractivity contribution in [1.82, 2.24) is 0 Å². The van der Waals surface area contributed by atoms with Crippen LogP contribution in [0.3, 0.4) is 0 Å². The van der Waals surface area contributed by atoms with Crippen LogP contribution in [0.4, 0.5) is 0 Å². The first-order chi connectivity index (χ1) is 15.3. The number of carbonyl (C=O) groups is 2. The Bertz CT molecular complexity index is 892. The van der Waals surface area contributed by atoms with Gasteiger partial charge in [0.05, 0.1) is 16.0 Å². The first kappa shape index (κ1) is 32.2. The fourth-order valence-corrected chi connectivity index (χ4v) is 3.32. The molecule has 0 atom stereocenters. The standard InChI is InChI=1S/C24H34O7S.K/c1-3-5-7-9-11-13-17-30-23(25)21-16-15-20(32(27,28)29)19-22(21)24(26)31-18-14-12-10-8-6-4-2;/h11-16,19H,3-10,17-18H2,1-2H3,(H,27,28,29);/q;+1/p-1/b13-11+,14-12+;. The molecule has 0 fully saturated rings. The molecule has 178 valence electrons. The molecule has 0 amide bonds. The van der Waals surface area contributed by atoms with Crippen LogP contribution in [0.1, 0.15) is 85.9 Å². The monoisotopic (exact) mass is 504 g/mol. The van der Waals surface area contributed by atoms with Crippen LogP contribution in [-0.4, -0.2) is 38.1 Å². The van der Waals surface area contributed by atoms with Crippen LogP contribution in [0.5, 0.6) is 0 Å². The zero-order valence-corrected chi connectivity index (χ0v) is 23.8. The molecule has 7 nitrogen and oxygen atoms in total. The average molecular weight is 505 g/mol. The summed E-state index contributed by atoms with van der Waals surface area (Å²) < 4.78 is 44.3. The van der Waals surface area contributed by atoms with Crippen molar-refractivity contribution in [2.45, 2.75) is 70.1 Å². The number of esters is 2. The average Bonchev–Trinajstić information content (AvgIpc) is 2.76. The molecule has 1 aromatic carbocycles. The van der Waals surface area contributed by atoms with Crippen molar-refractivity contribution in [3.63, 3.8) is 0 Å². The fourth-order valence-electron chi connectivity index (χ4n) is 2.83. The van der Waals surface area contributed by atoms with Gasteiger partial charge in [0.1, 0.15) is 23.3 Å². The second kappa shape index (κ2) is 18.5. The van der Waals surface area contributed by atoms with Crippen LogP contribution in [0.2, 0.25) is 0 Å². The molecule has 0 saturated heterocycles. The van der Waals surface area contributed by atoms with Crippen molar-refractivity contribution < 1.29 is 83.4 Å². The summed E-state index contributed by atoms with van der Waals surface area (Å²) in [6.07, 6.45) is 15.5. The molecule has 1 aromatic rings. The van der Waals surface area contributed by atoms with Gasteiger partial charge in [-0.3, -0.25) is 0 Å². The molecule has 0 heterocycles. The minimum Gasteiger partial charge on any atom is -0.744 e. The molecular weight excluding hydrogens is 471 g/mol. The molecule has 9 heteroatoms. The van der Waals surface area contributed by atoms with E-state index in [1.165, 1.54) is 0 Å². The number of unbranched alkanes of at least 4 members (excludes halogenated alkanes) is 6. The molecular formula is C24H33KO7S. The molecule has 0 N–H and O–H groups in total. The topological polar surface area (TPSA) is 110 Å². The van der Waals surface area contributed by atoms with E-state index >= 15 is 0 Å². The Morgan fingerprint density at radius 3 is 1.76 bits per heavy atom. The van der Waals surface area contributed by atoms with Crippen LogP contribution in [0.15, 0.2) is 47.4 Å². The van der Waals surface area contributed by atoms with Crippen molar-refractivity contribution in [3.05, 3.63) is 53.6 Å². The first-order valence-electron chi connectivity index (χ1n) is 11.0. The number of rotatable bonds is 15. The van der Waals surface area contributed by atoms with Gasteiger partial charge in [-0.2, -0.15) is 0 Å². The van der Waals surface area contributed by atoms with Gasteiger partial charge in [0.15, 0.2) is 0 Å². The van der Waals surface area contributed by atoms with Gasteiger partial charge in [-0.25, -0.2) is 18.0 Å². The minimum absolute atomic E-state index is 0. The number of hydrogen-bond acceptors (Lipinski definition) is 7. The fraction of sp³-hybridized carbons (Fsp3) is 0.500. The number of carbonyl (C=O) groups excluding carboxylic acids is 2. The van der Waals surface area contributed by atoms with Gasteiger partial charge in [-0.15, -0.1) is 0 Å². The van der Waals surface area contributed by atoms with E-state index in [9.17, 15) is 22.6 Å². The predicted octanol–water partition coefficient (Wildman–Crippen LogP) is 2.18. The van der Waals surface area contributed by atoms with Crippen molar-refractivity contribution in [2.24, 2.45) is 0 Å². The maximum atomic E-state index is 12.5. The quantitative estimate of drug-likeness (QED) is 0.118. The maximum absolute atomic E-state index is 12.5. The van der Waals surface area contributed by atoms with Gasteiger partial charge in [0, 0.05) is 0 Å². The van der Waals surface area contributed by atoms with Crippen molar-refractivity contribution in [2.75, 3.05) is 13.2 Å². The number of benzene rings is 1. The predicted molar refractivity (Wildman–Crippen MR) is 122 cm³/mol. The second-order valence-corrected chi connectivity index (χ2v) is 8.67. The van der Waals surface area contributed by atoms with E-state index in [2.05, 4.69) is 13.8 Å². The van der Waals surface area contributed by atoms with Crippen molar-refractivity contribution in [3.8, 4) is 0 Å². The van der Waals surface area contributed by atoms with Gasteiger partial charge < -0.3 is 14.0 Å². The van der Waals surface area contributed by atoms with E-state index in [4.69, 9.17) is 9.47 Å². The molecule has 0 unspecified atom stereocenters. The van der Waals surface area contributed by atoms with E-state index in [0.717, 1.165) is 69.6 Å². The summed E-state index contributed by atoms with van der Waals surface area (Å²) in [7, 11) is -4.81. The van der Waals surface area contributed by atoms with Gasteiger partial charge in [-0.1, -0.05) is 63.8 Å². The Balaban J connectivity index is 0.0000102. The number of ether oxygens (including phenoxy) is 2. The zero-order valence-electron chi connectivity index (χ0n) is 19.9. The zero-order chi connectivity index (χ0) is 23.8. The van der Waals surface area contributed by atoms with Gasteiger partial charge in [-0.05, 0) is 43.9 Å². The second-order valence-electron chi connectivity index (χ2n) is 7.29. The molecule has 0 bridgehead atoms. The Hall–Kier alpha value is -0.814. The van der Waals surface area contributed by atoms with E-state index in [1.54, 1.807) is 12.2 Å². The molecule has 0 aliphatic carbocycles. The number of allylic oxidation sites excluding steroid dienone is 2. The smallest absolute Gasteiger partial charge is 0.744 e. The maximum Gasteiger partial charge on any atom is 1.00 e. The summed E-state index contributed by atoms with van der Waals surface area (Å²) in [6, 6.07) is 2.92. The first-order valence-corrected chi connectivity index (χ1v) is 12.5. The van der Waals surface area contributed by atoms with E-state index in [0.29, 0.717) is 0 Å². The molecule has 0 spiro atoms. The van der Waals surface area contributed by atoms with Crippen molar-refractivity contribution >= 4 is 22.1 Å². The van der Waals surface area contributed by atoms with Gasteiger partial charge >= 0.3 is 63.3 Å². The molecule has 0 saturated carbocycles. The SMILES string of the molecule is CCCCC/C=C/COC(=O)c1ccc(S(=O)(=O)[O-])cc1C(=O)OC/C=C/CCCCC.[K+]. The summed E-state index contributed by atoms with van der Waals surface area (Å²) in [5.74, 6) is -1.71. The van der Waals surface area contributed by atoms with E-state index in [-0.39, 0.29) is 75.7 Å². The molecule has 0 aromatic heterocycles. The third-order valence-corrected chi connectivity index (χ3v) is 5.45. The van der Waals surface area contributed by atoms with Gasteiger partial charge in [0.2, 0.25) is 0 Å². The van der Waals surface area contributed by atoms with Crippen molar-refractivity contribution in [1.29, 1.82) is 0 Å². The number of hydrogen-bond donors (Lipinski definition) is 0. The van der Waals surface area contributed by atoms with Crippen LogP contribution < -0.4 is 51.4 Å². The molecule has 1 rings (SSSR count). The molecule has 0 radical (unpaired) electrons. The third kappa shape index (κ3) is 13.6.